The van der Waals surface area contributed by atoms with Crippen LogP contribution in [0.25, 0.3) is 0 Å². The summed E-state index contributed by atoms with van der Waals surface area (Å²) in [6.07, 6.45) is -3.27. The molecular formula is C20H14BrF4N3O. The summed E-state index contributed by atoms with van der Waals surface area (Å²) in [5.74, 6) is -1.78. The first-order valence-electron chi connectivity index (χ1n) is 8.31. The Bertz CT molecular complexity index is 1070. The highest BCUT2D eigenvalue weighted by Crippen LogP contribution is 2.31. The maximum Gasteiger partial charge on any atom is 0.416 e. The minimum atomic E-state index is -4.77. The van der Waals surface area contributed by atoms with E-state index in [0.29, 0.717) is 16.6 Å². The van der Waals surface area contributed by atoms with Crippen LogP contribution in [-0.2, 0) is 6.18 Å². The first-order valence-corrected chi connectivity index (χ1v) is 9.10. The number of rotatable bonds is 4. The van der Waals surface area contributed by atoms with Crippen LogP contribution in [0.3, 0.4) is 0 Å². The lowest BCUT2D eigenvalue weighted by atomic mass is 10.1. The number of para-hydroxylation sites is 1. The number of carbonyl (C=O) groups excluding carboxylic acids is 1. The lowest BCUT2D eigenvalue weighted by Gasteiger charge is -2.15. The number of halogens is 5. The quantitative estimate of drug-likeness (QED) is 0.442. The Morgan fingerprint density at radius 1 is 1.07 bits per heavy atom. The van der Waals surface area contributed by atoms with E-state index in [1.54, 1.807) is 0 Å². The first-order chi connectivity index (χ1) is 13.6. The van der Waals surface area contributed by atoms with E-state index in [1.807, 2.05) is 31.2 Å². The van der Waals surface area contributed by atoms with Crippen LogP contribution < -0.4 is 10.6 Å². The topological polar surface area (TPSA) is 54.0 Å². The zero-order chi connectivity index (χ0) is 21.2. The third-order valence-corrected chi connectivity index (χ3v) is 4.42. The van der Waals surface area contributed by atoms with E-state index in [4.69, 9.17) is 0 Å². The smallest absolute Gasteiger partial charge is 0.338 e. The molecule has 0 saturated carbocycles. The third-order valence-electron chi connectivity index (χ3n) is 3.99. The normalized spacial score (nSPS) is 11.2. The second-order valence-corrected chi connectivity index (χ2v) is 7.09. The van der Waals surface area contributed by atoms with Gasteiger partial charge in [-0.05, 0) is 58.7 Å². The average molecular weight is 468 g/mol. The van der Waals surface area contributed by atoms with Gasteiger partial charge in [-0.25, -0.2) is 9.37 Å². The van der Waals surface area contributed by atoms with Crippen molar-refractivity contribution in [3.63, 3.8) is 0 Å². The fraction of sp³-hybridized carbons (Fsp3) is 0.100. The number of hydrogen-bond acceptors (Lipinski definition) is 3. The lowest BCUT2D eigenvalue weighted by Crippen LogP contribution is -2.16. The van der Waals surface area contributed by atoms with Crippen molar-refractivity contribution in [2.45, 2.75) is 13.1 Å². The summed E-state index contributed by atoms with van der Waals surface area (Å²) in [7, 11) is 0. The maximum atomic E-state index is 13.6. The Labute approximate surface area is 172 Å². The van der Waals surface area contributed by atoms with Gasteiger partial charge in [-0.3, -0.25) is 4.79 Å². The number of alkyl halides is 3. The zero-order valence-electron chi connectivity index (χ0n) is 14.9. The van der Waals surface area contributed by atoms with Gasteiger partial charge < -0.3 is 10.6 Å². The Morgan fingerprint density at radius 3 is 2.48 bits per heavy atom. The van der Waals surface area contributed by atoms with E-state index >= 15 is 0 Å². The highest BCUT2D eigenvalue weighted by atomic mass is 79.9. The van der Waals surface area contributed by atoms with Crippen LogP contribution in [0.1, 0.15) is 21.5 Å². The second kappa shape index (κ2) is 8.20. The molecule has 2 aromatic carbocycles. The van der Waals surface area contributed by atoms with Crippen LogP contribution in [0.15, 0.2) is 59.2 Å². The Kier molecular flexibility index (Phi) is 5.88. The van der Waals surface area contributed by atoms with Crippen LogP contribution >= 0.6 is 15.9 Å². The molecule has 3 aromatic rings. The predicted molar refractivity (Wildman–Crippen MR) is 106 cm³/mol. The average Bonchev–Trinajstić information content (AvgIpc) is 2.64. The SMILES string of the molecule is Cc1ccccc1Nc1ncc(Br)cc1NC(=O)c1cc(F)cc(C(F)(F)F)c1. The van der Waals surface area contributed by atoms with E-state index in [2.05, 4.69) is 31.5 Å². The van der Waals surface area contributed by atoms with Gasteiger partial charge in [0, 0.05) is 21.9 Å². The van der Waals surface area contributed by atoms with Gasteiger partial charge in [0.05, 0.1) is 11.3 Å². The predicted octanol–water partition coefficient (Wildman–Crippen LogP) is 6.31. The van der Waals surface area contributed by atoms with E-state index in [-0.39, 0.29) is 11.5 Å². The number of anilines is 3. The number of nitrogens with one attached hydrogen (secondary N) is 2. The standard InChI is InChI=1S/C20H14BrF4N3O/c1-11-4-2-3-5-16(11)27-18-17(9-14(21)10-26-18)28-19(29)12-6-13(20(23,24)25)8-15(22)7-12/h2-10H,1H3,(H,26,27)(H,28,29). The molecule has 0 unspecified atom stereocenters. The summed E-state index contributed by atoms with van der Waals surface area (Å²) < 4.78 is 52.9. The number of aryl methyl sites for hydroxylation is 1. The van der Waals surface area contributed by atoms with Crippen molar-refractivity contribution in [3.8, 4) is 0 Å². The Hall–Kier alpha value is -2.94. The van der Waals surface area contributed by atoms with Crippen LogP contribution in [0.4, 0.5) is 34.8 Å². The molecule has 1 aromatic heterocycles. The first kappa shape index (κ1) is 20.8. The highest BCUT2D eigenvalue weighted by Gasteiger charge is 2.32. The third kappa shape index (κ3) is 5.11. The number of benzene rings is 2. The van der Waals surface area contributed by atoms with Crippen molar-refractivity contribution in [2.75, 3.05) is 10.6 Å². The molecule has 29 heavy (non-hydrogen) atoms. The molecule has 4 nitrogen and oxygen atoms in total. The van der Waals surface area contributed by atoms with Gasteiger partial charge >= 0.3 is 6.18 Å². The number of pyridine rings is 1. The number of aromatic nitrogens is 1. The van der Waals surface area contributed by atoms with Gasteiger partial charge in [-0.1, -0.05) is 18.2 Å². The summed E-state index contributed by atoms with van der Waals surface area (Å²) in [6.45, 7) is 1.88. The Balaban J connectivity index is 1.92. The van der Waals surface area contributed by atoms with Crippen molar-refractivity contribution < 1.29 is 22.4 Å². The number of hydrogen-bond donors (Lipinski definition) is 2. The van der Waals surface area contributed by atoms with Gasteiger partial charge in [-0.2, -0.15) is 13.2 Å². The molecule has 0 bridgehead atoms. The molecular weight excluding hydrogens is 454 g/mol. The molecule has 0 saturated heterocycles. The molecule has 0 aliphatic rings. The number of nitrogens with zero attached hydrogens (tertiary/aromatic N) is 1. The van der Waals surface area contributed by atoms with E-state index in [0.717, 1.165) is 17.3 Å². The highest BCUT2D eigenvalue weighted by molar-refractivity contribution is 9.10. The molecule has 0 aliphatic heterocycles. The van der Waals surface area contributed by atoms with E-state index in [9.17, 15) is 22.4 Å². The van der Waals surface area contributed by atoms with Crippen molar-refractivity contribution in [1.82, 2.24) is 4.98 Å². The largest absolute Gasteiger partial charge is 0.416 e. The second-order valence-electron chi connectivity index (χ2n) is 6.17. The van der Waals surface area contributed by atoms with Crippen molar-refractivity contribution in [1.29, 1.82) is 0 Å². The molecule has 0 spiro atoms. The van der Waals surface area contributed by atoms with Crippen molar-refractivity contribution in [2.24, 2.45) is 0 Å². The number of carbonyl (C=O) groups is 1. The molecule has 9 heteroatoms. The summed E-state index contributed by atoms with van der Waals surface area (Å²) in [5.41, 5.74) is 0.176. The molecule has 0 aliphatic carbocycles. The van der Waals surface area contributed by atoms with E-state index in [1.165, 1.54) is 12.3 Å². The molecule has 3 rings (SSSR count). The van der Waals surface area contributed by atoms with E-state index < -0.39 is 29.0 Å². The maximum absolute atomic E-state index is 13.6. The zero-order valence-corrected chi connectivity index (χ0v) is 16.5. The minimum Gasteiger partial charge on any atom is -0.338 e. The molecule has 150 valence electrons. The molecule has 1 amide bonds. The van der Waals surface area contributed by atoms with Crippen molar-refractivity contribution >= 4 is 39.0 Å². The minimum absolute atomic E-state index is 0.213. The van der Waals surface area contributed by atoms with Crippen LogP contribution in [0.2, 0.25) is 0 Å². The molecule has 0 radical (unpaired) electrons. The van der Waals surface area contributed by atoms with Gasteiger partial charge in [0.1, 0.15) is 5.82 Å². The molecule has 1 heterocycles. The lowest BCUT2D eigenvalue weighted by molar-refractivity contribution is -0.137. The van der Waals surface area contributed by atoms with Crippen LogP contribution in [-0.4, -0.2) is 10.9 Å². The summed E-state index contributed by atoms with van der Waals surface area (Å²) in [5, 5.41) is 5.56. The summed E-state index contributed by atoms with van der Waals surface area (Å²) in [6, 6.07) is 10.6. The van der Waals surface area contributed by atoms with Gasteiger partial charge in [0.25, 0.3) is 5.91 Å². The van der Waals surface area contributed by atoms with Crippen molar-refractivity contribution in [3.05, 3.63) is 81.7 Å². The summed E-state index contributed by atoms with van der Waals surface area (Å²) >= 11 is 3.24. The molecule has 2 N–H and O–H groups in total. The van der Waals surface area contributed by atoms with Gasteiger partial charge in [-0.15, -0.1) is 0 Å². The molecule has 0 atom stereocenters. The van der Waals surface area contributed by atoms with Crippen LogP contribution in [0.5, 0.6) is 0 Å². The summed E-state index contributed by atoms with van der Waals surface area (Å²) in [4.78, 5) is 16.7. The van der Waals surface area contributed by atoms with Gasteiger partial charge in [0.15, 0.2) is 5.82 Å². The monoisotopic (exact) mass is 467 g/mol. The van der Waals surface area contributed by atoms with Crippen LogP contribution in [0, 0.1) is 12.7 Å². The Morgan fingerprint density at radius 2 is 1.79 bits per heavy atom. The fourth-order valence-corrected chi connectivity index (χ4v) is 2.89. The van der Waals surface area contributed by atoms with Gasteiger partial charge in [0.2, 0.25) is 0 Å². The molecule has 0 fully saturated rings. The fourth-order valence-electron chi connectivity index (χ4n) is 2.55. The number of amides is 1.